The van der Waals surface area contributed by atoms with Gasteiger partial charge in [-0.15, -0.1) is 0 Å². The highest BCUT2D eigenvalue weighted by molar-refractivity contribution is 5.83. The lowest BCUT2D eigenvalue weighted by molar-refractivity contribution is -0.154. The maximum atomic E-state index is 11.3. The molecule has 0 heterocycles. The van der Waals surface area contributed by atoms with Crippen molar-refractivity contribution in [3.8, 4) is 0 Å². The number of aliphatic carboxylic acids is 2. The first-order chi connectivity index (χ1) is 8.08. The van der Waals surface area contributed by atoms with E-state index in [4.69, 9.17) is 0 Å². The minimum atomic E-state index is -0.944. The van der Waals surface area contributed by atoms with Crippen molar-refractivity contribution in [3.05, 3.63) is 12.2 Å². The Morgan fingerprint density at radius 2 is 1.35 bits per heavy atom. The lowest BCUT2D eigenvalue weighted by Crippen LogP contribution is -2.32. The van der Waals surface area contributed by atoms with E-state index in [1.807, 2.05) is 12.2 Å². The van der Waals surface area contributed by atoms with E-state index in [2.05, 4.69) is 0 Å². The largest absolute Gasteiger partial charge is 0.481 e. The van der Waals surface area contributed by atoms with Gasteiger partial charge < -0.3 is 10.2 Å². The monoisotopic (exact) mass is 236 g/mol. The molecular weight excluding hydrogens is 220 g/mol. The normalized spacial score (nSPS) is 41.2. The molecule has 2 saturated carbocycles. The minimum absolute atomic E-state index is 0.0495. The molecule has 4 nitrogen and oxygen atoms in total. The highest BCUT2D eigenvalue weighted by atomic mass is 16.4. The average Bonchev–Trinajstić information content (AvgIpc) is 2.94. The van der Waals surface area contributed by atoms with Gasteiger partial charge in [0.05, 0.1) is 11.8 Å². The summed E-state index contributed by atoms with van der Waals surface area (Å²) in [4.78, 5) is 22.7. The van der Waals surface area contributed by atoms with Crippen molar-refractivity contribution in [1.82, 2.24) is 0 Å². The molecule has 4 atom stereocenters. The van der Waals surface area contributed by atoms with Gasteiger partial charge in [-0.3, -0.25) is 9.59 Å². The van der Waals surface area contributed by atoms with E-state index in [-0.39, 0.29) is 17.3 Å². The van der Waals surface area contributed by atoms with Gasteiger partial charge in [-0.05, 0) is 30.1 Å². The molecule has 3 aliphatic carbocycles. The van der Waals surface area contributed by atoms with Crippen LogP contribution in [0.25, 0.3) is 0 Å². The van der Waals surface area contributed by atoms with Gasteiger partial charge in [-0.1, -0.05) is 25.0 Å². The Labute approximate surface area is 99.3 Å². The van der Waals surface area contributed by atoms with Gasteiger partial charge in [0.15, 0.2) is 0 Å². The summed E-state index contributed by atoms with van der Waals surface area (Å²) in [6.45, 7) is 0. The zero-order chi connectivity index (χ0) is 12.2. The van der Waals surface area contributed by atoms with Gasteiger partial charge in [0.1, 0.15) is 0 Å². The number of hydrogen-bond acceptors (Lipinski definition) is 2. The summed E-state index contributed by atoms with van der Waals surface area (Å²) in [6, 6.07) is 0. The van der Waals surface area contributed by atoms with Gasteiger partial charge >= 0.3 is 11.9 Å². The van der Waals surface area contributed by atoms with E-state index in [1.54, 1.807) is 0 Å². The fourth-order valence-electron chi connectivity index (χ4n) is 4.56. The third kappa shape index (κ3) is 1.18. The van der Waals surface area contributed by atoms with Crippen molar-refractivity contribution >= 4 is 11.9 Å². The molecular formula is C13H16O4. The molecule has 0 aromatic rings. The Morgan fingerprint density at radius 3 is 1.71 bits per heavy atom. The number of carbonyl (C=O) groups is 2. The average molecular weight is 236 g/mol. The van der Waals surface area contributed by atoms with Crippen LogP contribution in [-0.2, 0) is 9.59 Å². The Balaban J connectivity index is 2.05. The zero-order valence-electron chi connectivity index (χ0n) is 9.50. The summed E-state index contributed by atoms with van der Waals surface area (Å²) >= 11 is 0. The third-order valence-corrected chi connectivity index (χ3v) is 5.12. The van der Waals surface area contributed by atoms with Crippen LogP contribution < -0.4 is 0 Å². The molecule has 0 unspecified atom stereocenters. The molecule has 2 bridgehead atoms. The molecule has 0 aromatic heterocycles. The first-order valence-electron chi connectivity index (χ1n) is 6.22. The summed E-state index contributed by atoms with van der Waals surface area (Å²) in [5, 5.41) is 18.6. The van der Waals surface area contributed by atoms with Crippen molar-refractivity contribution in [3.63, 3.8) is 0 Å². The zero-order valence-corrected chi connectivity index (χ0v) is 9.50. The summed E-state index contributed by atoms with van der Waals surface area (Å²) in [6.07, 6.45) is 8.12. The van der Waals surface area contributed by atoms with Gasteiger partial charge in [0.25, 0.3) is 0 Å². The van der Waals surface area contributed by atoms with Gasteiger partial charge in [-0.2, -0.15) is 0 Å². The van der Waals surface area contributed by atoms with Crippen molar-refractivity contribution in [2.75, 3.05) is 0 Å². The van der Waals surface area contributed by atoms with Crippen LogP contribution >= 0.6 is 0 Å². The first kappa shape index (κ1) is 10.8. The fourth-order valence-corrected chi connectivity index (χ4v) is 4.56. The molecule has 4 heteroatoms. The van der Waals surface area contributed by atoms with Gasteiger partial charge in [0, 0.05) is 0 Å². The maximum absolute atomic E-state index is 11.3. The standard InChI is InChI=1S/C13H16O4/c14-11(15)9-7-3-4-8(10(9)12(16)17)13(7)5-1-2-6-13/h3-4,7-10H,1-2,5-6H2,(H,14,15)(H,16,17)/t7-,8-,9+,10+/m1/s1. The SMILES string of the molecule is O=C(O)[C@@H]1[C@@H](C(=O)O)[C@H]2C=C[C@H]1C21CCCC1. The van der Waals surface area contributed by atoms with Crippen LogP contribution in [0, 0.1) is 29.1 Å². The van der Waals surface area contributed by atoms with Crippen LogP contribution in [0.4, 0.5) is 0 Å². The smallest absolute Gasteiger partial charge is 0.308 e. The van der Waals surface area contributed by atoms with E-state index < -0.39 is 23.8 Å². The van der Waals surface area contributed by atoms with Gasteiger partial charge in [-0.25, -0.2) is 0 Å². The lowest BCUT2D eigenvalue weighted by atomic mass is 9.74. The number of carboxylic acids is 2. The van der Waals surface area contributed by atoms with Crippen LogP contribution in [0.15, 0.2) is 12.2 Å². The van der Waals surface area contributed by atoms with E-state index in [0.717, 1.165) is 25.7 Å². The summed E-state index contributed by atoms with van der Waals surface area (Å²) in [5.41, 5.74) is -0.0495. The van der Waals surface area contributed by atoms with E-state index in [9.17, 15) is 19.8 Å². The van der Waals surface area contributed by atoms with Crippen LogP contribution in [0.2, 0.25) is 0 Å². The van der Waals surface area contributed by atoms with E-state index in [0.29, 0.717) is 0 Å². The lowest BCUT2D eigenvalue weighted by Gasteiger charge is -2.30. The second-order valence-corrected chi connectivity index (χ2v) is 5.60. The quantitative estimate of drug-likeness (QED) is 0.716. The Bertz CT molecular complexity index is 374. The summed E-state index contributed by atoms with van der Waals surface area (Å²) in [5.74, 6) is -3.45. The highest BCUT2D eigenvalue weighted by Crippen LogP contribution is 2.66. The Kier molecular flexibility index (Phi) is 2.12. The van der Waals surface area contributed by atoms with Crippen LogP contribution in [0.1, 0.15) is 25.7 Å². The van der Waals surface area contributed by atoms with Crippen molar-refractivity contribution in [1.29, 1.82) is 0 Å². The molecule has 0 radical (unpaired) electrons. The van der Waals surface area contributed by atoms with E-state index >= 15 is 0 Å². The molecule has 2 N–H and O–H groups in total. The minimum Gasteiger partial charge on any atom is -0.481 e. The molecule has 0 aliphatic heterocycles. The van der Waals surface area contributed by atoms with Crippen molar-refractivity contribution < 1.29 is 19.8 Å². The second-order valence-electron chi connectivity index (χ2n) is 5.60. The molecule has 0 aromatic carbocycles. The van der Waals surface area contributed by atoms with Crippen LogP contribution in [0.3, 0.4) is 0 Å². The summed E-state index contributed by atoms with van der Waals surface area (Å²) < 4.78 is 0. The number of hydrogen-bond donors (Lipinski definition) is 2. The first-order valence-corrected chi connectivity index (χ1v) is 6.22. The molecule has 0 saturated heterocycles. The van der Waals surface area contributed by atoms with Crippen molar-refractivity contribution in [2.45, 2.75) is 25.7 Å². The Morgan fingerprint density at radius 1 is 0.941 bits per heavy atom. The highest BCUT2D eigenvalue weighted by Gasteiger charge is 2.65. The van der Waals surface area contributed by atoms with Gasteiger partial charge in [0.2, 0.25) is 0 Å². The topological polar surface area (TPSA) is 74.6 Å². The number of carboxylic acid groups (broad SMARTS) is 2. The second kappa shape index (κ2) is 3.34. The summed E-state index contributed by atoms with van der Waals surface area (Å²) in [7, 11) is 0. The number of rotatable bonds is 2. The predicted octanol–water partition coefficient (Wildman–Crippen LogP) is 1.76. The molecule has 0 amide bonds. The maximum Gasteiger partial charge on any atom is 0.308 e. The van der Waals surface area contributed by atoms with Crippen LogP contribution in [-0.4, -0.2) is 22.2 Å². The van der Waals surface area contributed by atoms with Crippen molar-refractivity contribution in [2.24, 2.45) is 29.1 Å². The number of allylic oxidation sites excluding steroid dienone is 2. The van der Waals surface area contributed by atoms with Crippen LogP contribution in [0.5, 0.6) is 0 Å². The predicted molar refractivity (Wildman–Crippen MR) is 59.3 cm³/mol. The molecule has 1 spiro atoms. The molecule has 17 heavy (non-hydrogen) atoms. The molecule has 3 rings (SSSR count). The fraction of sp³-hybridized carbons (Fsp3) is 0.692. The molecule has 2 fully saturated rings. The molecule has 3 aliphatic rings. The van der Waals surface area contributed by atoms with E-state index in [1.165, 1.54) is 0 Å². The molecule has 92 valence electrons. The third-order valence-electron chi connectivity index (χ3n) is 5.12. The Hall–Kier alpha value is -1.32.